The van der Waals surface area contributed by atoms with Crippen molar-refractivity contribution in [1.82, 2.24) is 19.8 Å². The summed E-state index contributed by atoms with van der Waals surface area (Å²) in [7, 11) is 1.29. The largest absolute Gasteiger partial charge is 0.759 e. The third kappa shape index (κ3) is 5.51. The summed E-state index contributed by atoms with van der Waals surface area (Å²) < 4.78 is 23.9. The van der Waals surface area contributed by atoms with Crippen LogP contribution in [0.15, 0.2) is 18.2 Å². The number of carbonyl (C=O) groups is 2. The van der Waals surface area contributed by atoms with Crippen LogP contribution in [0.5, 0.6) is 0 Å². The van der Waals surface area contributed by atoms with Crippen molar-refractivity contribution in [3.05, 3.63) is 28.2 Å². The van der Waals surface area contributed by atoms with Gasteiger partial charge in [-0.1, -0.05) is 23.2 Å². The van der Waals surface area contributed by atoms with Crippen molar-refractivity contribution >= 4 is 52.0 Å². The molecule has 2 heterocycles. The quantitative estimate of drug-likeness (QED) is 0.420. The molecule has 2 unspecified atom stereocenters. The Morgan fingerprint density at radius 3 is 2.44 bits per heavy atom. The fraction of sp³-hybridized carbons (Fsp3) is 0.619. The van der Waals surface area contributed by atoms with Crippen molar-refractivity contribution in [1.29, 1.82) is 0 Å². The second-order valence-corrected chi connectivity index (χ2v) is 10.5. The van der Waals surface area contributed by atoms with E-state index in [2.05, 4.69) is 5.43 Å². The summed E-state index contributed by atoms with van der Waals surface area (Å²) in [4.78, 5) is 35.4. The van der Waals surface area contributed by atoms with Crippen molar-refractivity contribution < 1.29 is 23.2 Å². The lowest BCUT2D eigenvalue weighted by molar-refractivity contribution is -0.130. The zero-order valence-corrected chi connectivity index (χ0v) is 22.0. The third-order valence-electron chi connectivity index (χ3n) is 6.71. The van der Waals surface area contributed by atoms with E-state index in [0.717, 1.165) is 22.9 Å². The van der Waals surface area contributed by atoms with Crippen LogP contribution < -0.4 is 10.3 Å². The molecular formula is C21H30Cl2N5O5S-. The predicted octanol–water partition coefficient (Wildman–Crippen LogP) is 2.60. The molecule has 1 amide bonds. The summed E-state index contributed by atoms with van der Waals surface area (Å²) in [6, 6.07) is 3.74. The van der Waals surface area contributed by atoms with Crippen molar-refractivity contribution in [3.63, 3.8) is 0 Å². The molecule has 2 saturated heterocycles. The highest BCUT2D eigenvalue weighted by molar-refractivity contribution is 7.76. The molecule has 2 fully saturated rings. The van der Waals surface area contributed by atoms with Crippen LogP contribution in [0.25, 0.3) is 0 Å². The SMILES string of the molecule is CC(=O)C(NN(C)S(=O)[O-])[C@@]1(C)[C@@H](C)N(c2ccc(Cl)c(Cl)c2)CCN1C(=O)ON1CCCC1. The number of nitrogens with zero attached hydrogens (tertiary/aromatic N) is 4. The highest BCUT2D eigenvalue weighted by Crippen LogP contribution is 2.37. The van der Waals surface area contributed by atoms with Gasteiger partial charge in [0, 0.05) is 50.2 Å². The zero-order chi connectivity index (χ0) is 25.2. The Kier molecular flexibility index (Phi) is 8.83. The minimum atomic E-state index is -2.63. The van der Waals surface area contributed by atoms with Crippen molar-refractivity contribution in [3.8, 4) is 0 Å². The van der Waals surface area contributed by atoms with Gasteiger partial charge in [0.1, 0.15) is 6.04 Å². The fourth-order valence-corrected chi connectivity index (χ4v) is 5.17. The number of hydrogen-bond donors (Lipinski definition) is 1. The first-order valence-corrected chi connectivity index (χ1v) is 12.8. The number of amides is 1. The second kappa shape index (κ2) is 11.1. The monoisotopic (exact) mass is 534 g/mol. The molecule has 1 aromatic rings. The van der Waals surface area contributed by atoms with Crippen LogP contribution in [0.1, 0.15) is 33.6 Å². The molecule has 0 bridgehead atoms. The molecule has 0 saturated carbocycles. The number of carbonyl (C=O) groups excluding carboxylic acids is 2. The first-order valence-electron chi connectivity index (χ1n) is 11.0. The van der Waals surface area contributed by atoms with Gasteiger partial charge in [0.25, 0.3) is 0 Å². The molecule has 1 N–H and O–H groups in total. The minimum Gasteiger partial charge on any atom is -0.759 e. The predicted molar refractivity (Wildman–Crippen MR) is 130 cm³/mol. The Balaban J connectivity index is 2.01. The number of nitrogens with one attached hydrogen (secondary N) is 1. The van der Waals surface area contributed by atoms with E-state index in [4.69, 9.17) is 28.0 Å². The summed E-state index contributed by atoms with van der Waals surface area (Å²) in [5, 5.41) is 2.41. The van der Waals surface area contributed by atoms with Gasteiger partial charge in [-0.2, -0.15) is 4.41 Å². The molecule has 13 heteroatoms. The molecule has 34 heavy (non-hydrogen) atoms. The summed E-state index contributed by atoms with van der Waals surface area (Å²) in [5.41, 5.74) is 2.34. The topological polar surface area (TPSA) is 108 Å². The summed E-state index contributed by atoms with van der Waals surface area (Å²) >= 11 is 9.72. The molecule has 0 aliphatic carbocycles. The molecule has 190 valence electrons. The second-order valence-electron chi connectivity index (χ2n) is 8.73. The van der Waals surface area contributed by atoms with Crippen molar-refractivity contribution in [2.45, 2.75) is 51.2 Å². The minimum absolute atomic E-state index is 0.239. The van der Waals surface area contributed by atoms with E-state index in [0.29, 0.717) is 29.7 Å². The van der Waals surface area contributed by atoms with Crippen LogP contribution in [0.2, 0.25) is 10.0 Å². The number of rotatable bonds is 7. The molecule has 1 aromatic carbocycles. The van der Waals surface area contributed by atoms with Crippen LogP contribution in [-0.4, -0.2) is 85.9 Å². The van der Waals surface area contributed by atoms with Gasteiger partial charge in [-0.05, 0) is 51.8 Å². The highest BCUT2D eigenvalue weighted by Gasteiger charge is 2.54. The molecule has 3 rings (SSSR count). The Morgan fingerprint density at radius 2 is 1.88 bits per heavy atom. The van der Waals surface area contributed by atoms with Crippen LogP contribution >= 0.6 is 23.2 Å². The molecule has 0 aromatic heterocycles. The number of ketones is 1. The number of benzene rings is 1. The van der Waals surface area contributed by atoms with Gasteiger partial charge in [-0.3, -0.25) is 13.9 Å². The number of hydroxylamine groups is 2. The van der Waals surface area contributed by atoms with E-state index in [1.54, 1.807) is 24.1 Å². The van der Waals surface area contributed by atoms with Crippen LogP contribution in [0.3, 0.4) is 0 Å². The van der Waals surface area contributed by atoms with Gasteiger partial charge in [0.05, 0.1) is 21.6 Å². The maximum absolute atomic E-state index is 13.3. The van der Waals surface area contributed by atoms with E-state index >= 15 is 0 Å². The molecule has 0 spiro atoms. The normalized spacial score (nSPS) is 25.5. The maximum Gasteiger partial charge on any atom is 0.429 e. The number of hydrogen-bond acceptors (Lipinski definition) is 8. The van der Waals surface area contributed by atoms with Crippen LogP contribution in [0.4, 0.5) is 10.5 Å². The highest BCUT2D eigenvalue weighted by atomic mass is 35.5. The maximum atomic E-state index is 13.3. The van der Waals surface area contributed by atoms with Crippen molar-refractivity contribution in [2.75, 3.05) is 38.1 Å². The van der Waals surface area contributed by atoms with E-state index in [-0.39, 0.29) is 12.3 Å². The van der Waals surface area contributed by atoms with Gasteiger partial charge in [0.2, 0.25) is 0 Å². The van der Waals surface area contributed by atoms with Gasteiger partial charge in [0.15, 0.2) is 5.78 Å². The van der Waals surface area contributed by atoms with Gasteiger partial charge < -0.3 is 14.3 Å². The summed E-state index contributed by atoms with van der Waals surface area (Å²) in [5.74, 6) is -0.332. The Morgan fingerprint density at radius 1 is 1.24 bits per heavy atom. The summed E-state index contributed by atoms with van der Waals surface area (Å²) in [6.07, 6.45) is 1.29. The Bertz CT molecular complexity index is 950. The first-order chi connectivity index (χ1) is 16.0. The lowest BCUT2D eigenvalue weighted by atomic mass is 9.79. The smallest absolute Gasteiger partial charge is 0.429 e. The Labute approximate surface area is 212 Å². The molecule has 4 atom stereocenters. The molecule has 2 aliphatic heterocycles. The number of Topliss-reactive ketones (excluding diaryl/α,β-unsaturated/α-hetero) is 1. The molecular weight excluding hydrogens is 505 g/mol. The van der Waals surface area contributed by atoms with Crippen LogP contribution in [0, 0.1) is 0 Å². The lowest BCUT2D eigenvalue weighted by Gasteiger charge is -2.56. The number of halogens is 2. The first kappa shape index (κ1) is 27.1. The molecule has 0 radical (unpaired) electrons. The van der Waals surface area contributed by atoms with E-state index in [1.165, 1.54) is 18.9 Å². The average Bonchev–Trinajstić information content (AvgIpc) is 3.28. The number of hydrazine groups is 1. The Hall–Kier alpha value is -1.47. The molecule has 10 nitrogen and oxygen atoms in total. The zero-order valence-electron chi connectivity index (χ0n) is 19.6. The van der Waals surface area contributed by atoms with Crippen LogP contribution in [-0.2, 0) is 20.9 Å². The van der Waals surface area contributed by atoms with Gasteiger partial charge >= 0.3 is 6.09 Å². The van der Waals surface area contributed by atoms with Crippen molar-refractivity contribution in [2.24, 2.45) is 0 Å². The van der Waals surface area contributed by atoms with E-state index in [1.807, 2.05) is 17.9 Å². The van der Waals surface area contributed by atoms with Gasteiger partial charge in [-0.25, -0.2) is 10.2 Å². The van der Waals surface area contributed by atoms with E-state index < -0.39 is 35.0 Å². The number of piperazine rings is 1. The van der Waals surface area contributed by atoms with E-state index in [9.17, 15) is 18.4 Å². The molecule has 2 aliphatic rings. The van der Waals surface area contributed by atoms with Gasteiger partial charge in [-0.15, -0.1) is 5.06 Å². The summed E-state index contributed by atoms with van der Waals surface area (Å²) in [6.45, 7) is 6.97. The third-order valence-corrected chi connectivity index (χ3v) is 8.00. The lowest BCUT2D eigenvalue weighted by Crippen LogP contribution is -2.76. The average molecular weight is 535 g/mol. The fourth-order valence-electron chi connectivity index (χ4n) is 4.68. The standard InChI is InChI=1S/C21H31Cl2N5O5S/c1-14(29)19(24-25(4)34(31)32)21(3)15(2)27(16-7-8-17(22)18(23)13-16)11-12-28(21)20(30)33-26-9-5-6-10-26/h7-8,13,15,19,24H,5-6,9-12H2,1-4H3,(H,31,32)/p-1/t15-,19?,21-/m1/s1. The number of anilines is 1.